The Balaban J connectivity index is 0.000001000. The highest BCUT2D eigenvalue weighted by Crippen LogP contribution is 2.17. The van der Waals surface area contributed by atoms with Gasteiger partial charge in [-0.3, -0.25) is 0 Å². The van der Waals surface area contributed by atoms with Crippen LogP contribution in [-0.4, -0.2) is 5.11 Å². The number of rotatable bonds is 1. The lowest BCUT2D eigenvalue weighted by Gasteiger charge is -1.99. The number of phenolic OH excluding ortho intramolecular Hbond substituents is 1. The highest BCUT2D eigenvalue weighted by Gasteiger charge is 2.02. The quantitative estimate of drug-likeness (QED) is 0.682. The lowest BCUT2D eigenvalue weighted by molar-refractivity contribution is 0.428. The molecule has 0 bridgehead atoms. The highest BCUT2D eigenvalue weighted by atomic mass is 35.5. The van der Waals surface area contributed by atoms with Crippen molar-refractivity contribution in [3.63, 3.8) is 0 Å². The normalized spacial score (nSPS) is 8.91. The third-order valence-electron chi connectivity index (χ3n) is 1.28. The van der Waals surface area contributed by atoms with Crippen LogP contribution in [0.5, 0.6) is 5.75 Å². The second kappa shape index (κ2) is 4.16. The van der Waals surface area contributed by atoms with Gasteiger partial charge in [0.2, 0.25) is 0 Å². The molecule has 0 atom stereocenters. The summed E-state index contributed by atoms with van der Waals surface area (Å²) in [4.78, 5) is 0. The number of phenols is 1. The van der Waals surface area contributed by atoms with Crippen molar-refractivity contribution in [1.82, 2.24) is 0 Å². The largest absolute Gasteiger partial charge is 0.505 e. The summed E-state index contributed by atoms with van der Waals surface area (Å²) in [6, 6.07) is 4.38. The minimum Gasteiger partial charge on any atom is -0.505 e. The molecule has 0 aliphatic carbocycles. The maximum absolute atomic E-state index is 12.7. The molecule has 3 N–H and O–H groups in total. The standard InChI is InChI=1S/C7H8FNO.ClH/c8-7-5(4-9)2-1-3-6(7)10;/h1-3,10H,4,9H2;1H. The van der Waals surface area contributed by atoms with Gasteiger partial charge in [-0.05, 0) is 6.07 Å². The molecular formula is C7H9ClFNO. The van der Waals surface area contributed by atoms with Gasteiger partial charge in [-0.1, -0.05) is 12.1 Å². The maximum Gasteiger partial charge on any atom is 0.169 e. The van der Waals surface area contributed by atoms with E-state index in [-0.39, 0.29) is 24.7 Å². The van der Waals surface area contributed by atoms with Gasteiger partial charge in [0.05, 0.1) is 0 Å². The van der Waals surface area contributed by atoms with Crippen molar-refractivity contribution in [2.45, 2.75) is 6.54 Å². The van der Waals surface area contributed by atoms with Crippen LogP contribution < -0.4 is 5.73 Å². The fourth-order valence-electron chi connectivity index (χ4n) is 0.724. The van der Waals surface area contributed by atoms with E-state index in [2.05, 4.69) is 0 Å². The van der Waals surface area contributed by atoms with Crippen LogP contribution in [0.15, 0.2) is 18.2 Å². The Morgan fingerprint density at radius 1 is 1.45 bits per heavy atom. The number of halogens is 2. The molecule has 2 nitrogen and oxygen atoms in total. The Morgan fingerprint density at radius 2 is 2.09 bits per heavy atom. The Bertz CT molecular complexity index is 242. The lowest BCUT2D eigenvalue weighted by Crippen LogP contribution is -1.98. The van der Waals surface area contributed by atoms with Crippen LogP contribution in [-0.2, 0) is 6.54 Å². The van der Waals surface area contributed by atoms with Crippen LogP contribution in [0.1, 0.15) is 5.56 Å². The summed E-state index contributed by atoms with van der Waals surface area (Å²) < 4.78 is 12.7. The summed E-state index contributed by atoms with van der Waals surface area (Å²) >= 11 is 0. The van der Waals surface area contributed by atoms with Crippen LogP contribution in [0.2, 0.25) is 0 Å². The van der Waals surface area contributed by atoms with Crippen molar-refractivity contribution in [3.8, 4) is 5.75 Å². The molecule has 0 fully saturated rings. The smallest absolute Gasteiger partial charge is 0.169 e. The van der Waals surface area contributed by atoms with Gasteiger partial charge in [0.1, 0.15) is 0 Å². The van der Waals surface area contributed by atoms with Crippen molar-refractivity contribution >= 4 is 12.4 Å². The molecule has 0 amide bonds. The third-order valence-corrected chi connectivity index (χ3v) is 1.28. The van der Waals surface area contributed by atoms with Crippen molar-refractivity contribution in [2.75, 3.05) is 0 Å². The molecule has 1 rings (SSSR count). The van der Waals surface area contributed by atoms with E-state index < -0.39 is 5.82 Å². The molecule has 0 saturated heterocycles. The van der Waals surface area contributed by atoms with Gasteiger partial charge in [0.15, 0.2) is 11.6 Å². The molecule has 0 spiro atoms. The minimum atomic E-state index is -0.620. The van der Waals surface area contributed by atoms with E-state index in [4.69, 9.17) is 10.8 Å². The van der Waals surface area contributed by atoms with E-state index in [9.17, 15) is 4.39 Å². The van der Waals surface area contributed by atoms with Crippen LogP contribution >= 0.6 is 12.4 Å². The number of hydrogen-bond acceptors (Lipinski definition) is 2. The molecule has 0 saturated carbocycles. The molecule has 1 aromatic carbocycles. The molecule has 0 aromatic heterocycles. The summed E-state index contributed by atoms with van der Waals surface area (Å²) in [5.74, 6) is -0.965. The van der Waals surface area contributed by atoms with Crippen molar-refractivity contribution in [2.24, 2.45) is 5.73 Å². The monoisotopic (exact) mass is 177 g/mol. The predicted molar refractivity (Wildman–Crippen MR) is 43.2 cm³/mol. The van der Waals surface area contributed by atoms with Gasteiger partial charge in [-0.25, -0.2) is 4.39 Å². The summed E-state index contributed by atoms with van der Waals surface area (Å²) in [6.45, 7) is 0.111. The summed E-state index contributed by atoms with van der Waals surface area (Å²) in [5, 5.41) is 8.80. The van der Waals surface area contributed by atoms with Crippen molar-refractivity contribution < 1.29 is 9.50 Å². The van der Waals surface area contributed by atoms with Crippen molar-refractivity contribution in [3.05, 3.63) is 29.6 Å². The van der Waals surface area contributed by atoms with Crippen LogP contribution in [0, 0.1) is 5.82 Å². The lowest BCUT2D eigenvalue weighted by atomic mass is 10.2. The van der Waals surface area contributed by atoms with Crippen LogP contribution in [0.4, 0.5) is 4.39 Å². The maximum atomic E-state index is 12.7. The number of aromatic hydroxyl groups is 1. The van der Waals surface area contributed by atoms with Crippen molar-refractivity contribution in [1.29, 1.82) is 0 Å². The summed E-state index contributed by atoms with van der Waals surface area (Å²) in [6.07, 6.45) is 0. The zero-order chi connectivity index (χ0) is 7.56. The van der Waals surface area contributed by atoms with Gasteiger partial charge in [-0.2, -0.15) is 0 Å². The summed E-state index contributed by atoms with van der Waals surface area (Å²) in [5.41, 5.74) is 5.50. The first-order valence-corrected chi connectivity index (χ1v) is 2.92. The molecule has 62 valence electrons. The minimum absolute atomic E-state index is 0. The van der Waals surface area contributed by atoms with Gasteiger partial charge in [0.25, 0.3) is 0 Å². The molecule has 0 heterocycles. The first-order chi connectivity index (χ1) is 4.75. The molecular weight excluding hydrogens is 169 g/mol. The van der Waals surface area contributed by atoms with E-state index in [0.717, 1.165) is 0 Å². The fraction of sp³-hybridized carbons (Fsp3) is 0.143. The highest BCUT2D eigenvalue weighted by molar-refractivity contribution is 5.85. The predicted octanol–water partition coefficient (Wildman–Crippen LogP) is 1.41. The number of benzene rings is 1. The average Bonchev–Trinajstić information content (AvgIpc) is 1.95. The van der Waals surface area contributed by atoms with E-state index in [1.54, 1.807) is 6.07 Å². The molecule has 0 radical (unpaired) electrons. The average molecular weight is 178 g/mol. The van der Waals surface area contributed by atoms with Gasteiger partial charge >= 0.3 is 0 Å². The first kappa shape index (κ1) is 10.2. The Kier molecular flexibility index (Phi) is 3.85. The second-order valence-corrected chi connectivity index (χ2v) is 1.95. The third kappa shape index (κ3) is 2.06. The SMILES string of the molecule is Cl.NCc1cccc(O)c1F. The molecule has 0 aliphatic rings. The Labute approximate surface area is 70.2 Å². The zero-order valence-electron chi connectivity index (χ0n) is 5.75. The van der Waals surface area contributed by atoms with Gasteiger partial charge < -0.3 is 10.8 Å². The van der Waals surface area contributed by atoms with Crippen LogP contribution in [0.3, 0.4) is 0 Å². The zero-order valence-corrected chi connectivity index (χ0v) is 6.57. The number of nitrogens with two attached hydrogens (primary N) is 1. The second-order valence-electron chi connectivity index (χ2n) is 1.95. The van der Waals surface area contributed by atoms with Gasteiger partial charge in [0, 0.05) is 12.1 Å². The Morgan fingerprint density at radius 3 is 2.55 bits per heavy atom. The molecule has 0 unspecified atom stereocenters. The van der Waals surface area contributed by atoms with E-state index >= 15 is 0 Å². The molecule has 11 heavy (non-hydrogen) atoms. The van der Waals surface area contributed by atoms with E-state index in [1.165, 1.54) is 12.1 Å². The van der Waals surface area contributed by atoms with E-state index in [0.29, 0.717) is 5.56 Å². The number of hydrogen-bond donors (Lipinski definition) is 2. The molecule has 1 aromatic rings. The topological polar surface area (TPSA) is 46.2 Å². The first-order valence-electron chi connectivity index (χ1n) is 2.92. The van der Waals surface area contributed by atoms with Crippen LogP contribution in [0.25, 0.3) is 0 Å². The van der Waals surface area contributed by atoms with E-state index in [1.807, 2.05) is 0 Å². The molecule has 4 heteroatoms. The Hall–Kier alpha value is -0.800. The molecule has 0 aliphatic heterocycles. The fourth-order valence-corrected chi connectivity index (χ4v) is 0.724. The van der Waals surface area contributed by atoms with Gasteiger partial charge in [-0.15, -0.1) is 12.4 Å². The summed E-state index contributed by atoms with van der Waals surface area (Å²) in [7, 11) is 0.